The van der Waals surface area contributed by atoms with E-state index >= 15 is 0 Å². The highest BCUT2D eigenvalue weighted by Gasteiger charge is 2.07. The fourth-order valence-corrected chi connectivity index (χ4v) is 1.14. The number of rotatable bonds is 5. The summed E-state index contributed by atoms with van der Waals surface area (Å²) in [6.45, 7) is -0.479. The van der Waals surface area contributed by atoms with Crippen LogP contribution in [0.15, 0.2) is 29.3 Å². The highest BCUT2D eigenvalue weighted by Crippen LogP contribution is 2.18. The summed E-state index contributed by atoms with van der Waals surface area (Å²) in [6.07, 6.45) is 1.16. The predicted octanol–water partition coefficient (Wildman–Crippen LogP) is 0.807. The van der Waals surface area contributed by atoms with Crippen molar-refractivity contribution in [2.75, 3.05) is 13.1 Å². The third-order valence-corrected chi connectivity index (χ3v) is 1.85. The summed E-state index contributed by atoms with van der Waals surface area (Å²) in [4.78, 5) is 24.9. The SMILES string of the molecule is NCC(=O)c1ccccc1N=CC[N+](=O)[O-]. The molecule has 2 N–H and O–H groups in total. The molecule has 0 spiro atoms. The summed E-state index contributed by atoms with van der Waals surface area (Å²) in [6, 6.07) is 6.59. The van der Waals surface area contributed by atoms with Crippen molar-refractivity contribution in [1.82, 2.24) is 0 Å². The van der Waals surface area contributed by atoms with Crippen molar-refractivity contribution in [1.29, 1.82) is 0 Å². The maximum absolute atomic E-state index is 11.4. The third kappa shape index (κ3) is 3.25. The molecule has 0 atom stereocenters. The number of carbonyl (C=O) groups is 1. The van der Waals surface area contributed by atoms with Gasteiger partial charge in [0, 0.05) is 10.5 Å². The highest BCUT2D eigenvalue weighted by molar-refractivity contribution is 6.02. The van der Waals surface area contributed by atoms with Crippen LogP contribution >= 0.6 is 0 Å². The second kappa shape index (κ2) is 5.72. The van der Waals surface area contributed by atoms with Gasteiger partial charge in [-0.1, -0.05) is 12.1 Å². The first-order chi connectivity index (χ1) is 7.65. The van der Waals surface area contributed by atoms with Crippen LogP contribution in [0.3, 0.4) is 0 Å². The van der Waals surface area contributed by atoms with Gasteiger partial charge in [-0.05, 0) is 12.1 Å². The lowest BCUT2D eigenvalue weighted by atomic mass is 10.1. The van der Waals surface area contributed by atoms with Gasteiger partial charge in [0.25, 0.3) is 0 Å². The van der Waals surface area contributed by atoms with Crippen LogP contribution in [0.4, 0.5) is 5.69 Å². The van der Waals surface area contributed by atoms with Gasteiger partial charge in [-0.2, -0.15) is 0 Å². The van der Waals surface area contributed by atoms with Gasteiger partial charge in [-0.15, -0.1) is 0 Å². The summed E-state index contributed by atoms with van der Waals surface area (Å²) >= 11 is 0. The van der Waals surface area contributed by atoms with Crippen molar-refractivity contribution in [2.24, 2.45) is 10.7 Å². The fraction of sp³-hybridized carbons (Fsp3) is 0.200. The van der Waals surface area contributed by atoms with Crippen molar-refractivity contribution in [3.63, 3.8) is 0 Å². The Kier molecular flexibility index (Phi) is 4.28. The molecule has 0 aliphatic heterocycles. The van der Waals surface area contributed by atoms with Crippen LogP contribution in [-0.2, 0) is 0 Å². The lowest BCUT2D eigenvalue weighted by Gasteiger charge is -2.01. The normalized spacial score (nSPS) is 10.6. The van der Waals surface area contributed by atoms with Crippen molar-refractivity contribution in [3.8, 4) is 0 Å². The standard InChI is InChI=1S/C10H11N3O3/c11-7-10(14)8-3-1-2-4-9(8)12-5-6-13(15)16/h1-5H,6-7,11H2. The van der Waals surface area contributed by atoms with Crippen LogP contribution in [0.2, 0.25) is 0 Å². The molecule has 6 nitrogen and oxygen atoms in total. The summed E-state index contributed by atoms with van der Waals surface area (Å²) in [5.41, 5.74) is 6.02. The topological polar surface area (TPSA) is 98.6 Å². The maximum Gasteiger partial charge on any atom is 0.238 e. The summed E-state index contributed by atoms with van der Waals surface area (Å²) in [5.74, 6) is -0.242. The number of hydrogen-bond donors (Lipinski definition) is 1. The monoisotopic (exact) mass is 221 g/mol. The van der Waals surface area contributed by atoms with E-state index in [0.717, 1.165) is 6.21 Å². The maximum atomic E-state index is 11.4. The Hall–Kier alpha value is -2.08. The van der Waals surface area contributed by atoms with Gasteiger partial charge in [0.05, 0.1) is 18.4 Å². The zero-order chi connectivity index (χ0) is 12.0. The minimum atomic E-state index is -0.503. The Morgan fingerprint density at radius 3 is 2.81 bits per heavy atom. The minimum absolute atomic E-state index is 0.109. The Balaban J connectivity index is 2.91. The van der Waals surface area contributed by atoms with Crippen LogP contribution in [0.1, 0.15) is 10.4 Å². The van der Waals surface area contributed by atoms with Gasteiger partial charge in [0.2, 0.25) is 6.54 Å². The molecule has 84 valence electrons. The first kappa shape index (κ1) is 12.0. The predicted molar refractivity (Wildman–Crippen MR) is 59.8 cm³/mol. The Morgan fingerprint density at radius 2 is 2.19 bits per heavy atom. The molecule has 16 heavy (non-hydrogen) atoms. The van der Waals surface area contributed by atoms with Crippen LogP contribution in [0, 0.1) is 10.1 Å². The van der Waals surface area contributed by atoms with Gasteiger partial charge in [0.15, 0.2) is 5.78 Å². The summed E-state index contributed by atoms with van der Waals surface area (Å²) in [5, 5.41) is 10.1. The number of nitro groups is 1. The van der Waals surface area contributed by atoms with Crippen molar-refractivity contribution in [3.05, 3.63) is 39.9 Å². The fourth-order valence-electron chi connectivity index (χ4n) is 1.14. The number of hydrogen-bond acceptors (Lipinski definition) is 5. The molecule has 0 heterocycles. The lowest BCUT2D eigenvalue weighted by molar-refractivity contribution is -0.462. The van der Waals surface area contributed by atoms with Crippen LogP contribution in [0.5, 0.6) is 0 Å². The number of benzene rings is 1. The van der Waals surface area contributed by atoms with E-state index in [2.05, 4.69) is 4.99 Å². The number of carbonyl (C=O) groups excluding carboxylic acids is 1. The molecule has 1 aromatic rings. The van der Waals surface area contributed by atoms with E-state index in [9.17, 15) is 14.9 Å². The zero-order valence-electron chi connectivity index (χ0n) is 8.50. The molecule has 1 aromatic carbocycles. The molecule has 0 radical (unpaired) electrons. The van der Waals surface area contributed by atoms with Gasteiger partial charge in [-0.25, -0.2) is 0 Å². The Bertz CT molecular complexity index is 429. The number of nitrogens with zero attached hydrogens (tertiary/aromatic N) is 2. The molecular weight excluding hydrogens is 210 g/mol. The van der Waals surface area contributed by atoms with E-state index in [1.165, 1.54) is 0 Å². The second-order valence-electron chi connectivity index (χ2n) is 2.97. The van der Waals surface area contributed by atoms with Crippen LogP contribution in [0.25, 0.3) is 0 Å². The quantitative estimate of drug-likeness (QED) is 0.344. The van der Waals surface area contributed by atoms with Gasteiger partial charge in [0.1, 0.15) is 0 Å². The molecule has 0 saturated carbocycles. The molecular formula is C10H11N3O3. The van der Waals surface area contributed by atoms with Crippen molar-refractivity contribution in [2.45, 2.75) is 0 Å². The van der Waals surface area contributed by atoms with Crippen molar-refractivity contribution < 1.29 is 9.72 Å². The number of nitrogens with two attached hydrogens (primary N) is 1. The number of para-hydroxylation sites is 1. The molecule has 0 aromatic heterocycles. The molecule has 1 rings (SSSR count). The molecule has 0 bridgehead atoms. The van der Waals surface area contributed by atoms with Crippen molar-refractivity contribution >= 4 is 17.7 Å². The molecule has 0 fully saturated rings. The average molecular weight is 221 g/mol. The lowest BCUT2D eigenvalue weighted by Crippen LogP contribution is -2.13. The molecule has 6 heteroatoms. The van der Waals surface area contributed by atoms with Crippen LogP contribution in [-0.4, -0.2) is 30.0 Å². The van der Waals surface area contributed by atoms with Gasteiger partial charge < -0.3 is 5.73 Å². The third-order valence-electron chi connectivity index (χ3n) is 1.85. The molecule has 0 saturated heterocycles. The molecule has 0 aliphatic carbocycles. The van der Waals surface area contributed by atoms with Gasteiger partial charge >= 0.3 is 0 Å². The van der Waals surface area contributed by atoms with E-state index in [0.29, 0.717) is 11.3 Å². The highest BCUT2D eigenvalue weighted by atomic mass is 16.6. The number of Topliss-reactive ketones (excluding diaryl/α,β-unsaturated/α-hetero) is 1. The zero-order valence-corrected chi connectivity index (χ0v) is 8.50. The summed E-state index contributed by atoms with van der Waals surface area (Å²) in [7, 11) is 0. The Labute approximate surface area is 91.9 Å². The van der Waals surface area contributed by atoms with E-state index in [-0.39, 0.29) is 18.9 Å². The van der Waals surface area contributed by atoms with Crippen LogP contribution < -0.4 is 5.73 Å². The first-order valence-corrected chi connectivity index (χ1v) is 4.61. The van der Waals surface area contributed by atoms with E-state index < -0.39 is 4.92 Å². The molecule has 0 unspecified atom stereocenters. The average Bonchev–Trinajstić information content (AvgIpc) is 2.28. The number of ketones is 1. The second-order valence-corrected chi connectivity index (χ2v) is 2.97. The molecule has 0 amide bonds. The summed E-state index contributed by atoms with van der Waals surface area (Å²) < 4.78 is 0. The van der Waals surface area contributed by atoms with E-state index in [4.69, 9.17) is 5.73 Å². The van der Waals surface area contributed by atoms with Gasteiger partial charge in [-0.3, -0.25) is 19.9 Å². The largest absolute Gasteiger partial charge is 0.324 e. The smallest absolute Gasteiger partial charge is 0.238 e. The number of aliphatic imine (C=N–C) groups is 1. The van der Waals surface area contributed by atoms with E-state index in [1.807, 2.05) is 0 Å². The molecule has 0 aliphatic rings. The minimum Gasteiger partial charge on any atom is -0.324 e. The van der Waals surface area contributed by atoms with E-state index in [1.54, 1.807) is 24.3 Å². The first-order valence-electron chi connectivity index (χ1n) is 4.61. The Morgan fingerprint density at radius 1 is 1.50 bits per heavy atom.